The van der Waals surface area contributed by atoms with E-state index in [9.17, 15) is 10.1 Å². The molecule has 0 amide bonds. The third kappa shape index (κ3) is 3.45. The summed E-state index contributed by atoms with van der Waals surface area (Å²) in [5.41, 5.74) is 4.51. The molecule has 0 fully saturated rings. The molecule has 0 saturated heterocycles. The van der Waals surface area contributed by atoms with Gasteiger partial charge in [-0.05, 0) is 53.7 Å². The summed E-state index contributed by atoms with van der Waals surface area (Å²) in [5.74, 6) is 0.0337. The van der Waals surface area contributed by atoms with Crippen LogP contribution in [-0.2, 0) is 11.2 Å². The van der Waals surface area contributed by atoms with Crippen LogP contribution >= 0.6 is 0 Å². The fourth-order valence-electron chi connectivity index (χ4n) is 3.34. The Balaban J connectivity index is 1.93. The minimum Gasteiger partial charge on any atom is -0.496 e. The topological polar surface area (TPSA) is 50.1 Å². The van der Waals surface area contributed by atoms with Gasteiger partial charge in [-0.2, -0.15) is 5.26 Å². The van der Waals surface area contributed by atoms with Crippen LogP contribution < -0.4 is 4.74 Å². The lowest BCUT2D eigenvalue weighted by Gasteiger charge is -2.22. The second-order valence-corrected chi connectivity index (χ2v) is 6.35. The first-order valence-corrected chi connectivity index (χ1v) is 8.68. The number of nitriles is 1. The Hall–Kier alpha value is -3.12. The molecule has 26 heavy (non-hydrogen) atoms. The number of carbonyl (C=O) groups excluding carboxylic acids is 1. The molecular formula is C23H21NO2. The van der Waals surface area contributed by atoms with Crippen molar-refractivity contribution in [1.29, 1.82) is 5.26 Å². The zero-order valence-electron chi connectivity index (χ0n) is 15.0. The highest BCUT2D eigenvalue weighted by atomic mass is 16.5. The van der Waals surface area contributed by atoms with Crippen LogP contribution in [0.2, 0.25) is 0 Å². The van der Waals surface area contributed by atoms with Crippen molar-refractivity contribution >= 4 is 11.4 Å². The molecule has 130 valence electrons. The molecule has 2 aromatic carbocycles. The Kier molecular flexibility index (Phi) is 5.34. The Bertz CT molecular complexity index is 917. The van der Waals surface area contributed by atoms with Crippen molar-refractivity contribution in [3.8, 4) is 11.8 Å². The van der Waals surface area contributed by atoms with Crippen LogP contribution in [0.1, 0.15) is 24.5 Å². The molecule has 0 heterocycles. The quantitative estimate of drug-likeness (QED) is 0.787. The molecule has 3 nitrogen and oxygen atoms in total. The lowest BCUT2D eigenvalue weighted by molar-refractivity contribution is -0.116. The number of allylic oxidation sites excluding steroid dienone is 4. The van der Waals surface area contributed by atoms with E-state index in [1.165, 1.54) is 0 Å². The van der Waals surface area contributed by atoms with Gasteiger partial charge < -0.3 is 4.74 Å². The van der Waals surface area contributed by atoms with Crippen molar-refractivity contribution in [2.75, 3.05) is 7.11 Å². The number of carbonyl (C=O) groups is 1. The van der Waals surface area contributed by atoms with Crippen LogP contribution in [0, 0.1) is 17.2 Å². The number of methoxy groups -OCH3 is 1. The highest BCUT2D eigenvalue weighted by Crippen LogP contribution is 2.35. The number of benzene rings is 2. The van der Waals surface area contributed by atoms with Crippen LogP contribution in [0.4, 0.5) is 0 Å². The maximum absolute atomic E-state index is 12.7. The standard InChI is InChI=1S/C23H21NO2/c1-16-19(13-12-18-10-6-7-11-22(18)26-2)14-20(21(15-24)23(16)25)17-8-4-3-5-9-17/h3-11,14,21H,12-13H2,1-2H3. The summed E-state index contributed by atoms with van der Waals surface area (Å²) in [6, 6.07) is 19.8. The molecule has 2 aromatic rings. The van der Waals surface area contributed by atoms with Gasteiger partial charge in [-0.25, -0.2) is 0 Å². The molecule has 1 aliphatic rings. The van der Waals surface area contributed by atoms with Crippen molar-refractivity contribution in [2.24, 2.45) is 5.92 Å². The zero-order chi connectivity index (χ0) is 18.5. The van der Waals surface area contributed by atoms with Crippen LogP contribution in [0.15, 0.2) is 71.8 Å². The van der Waals surface area contributed by atoms with E-state index in [1.54, 1.807) is 7.11 Å². The first-order chi connectivity index (χ1) is 12.7. The van der Waals surface area contributed by atoms with Crippen molar-refractivity contribution in [1.82, 2.24) is 0 Å². The highest BCUT2D eigenvalue weighted by molar-refractivity contribution is 6.09. The van der Waals surface area contributed by atoms with Crippen LogP contribution in [0.25, 0.3) is 5.57 Å². The van der Waals surface area contributed by atoms with Gasteiger partial charge in [0.2, 0.25) is 0 Å². The maximum atomic E-state index is 12.7. The minimum atomic E-state index is -0.729. The number of Topliss-reactive ketones (excluding diaryl/α,β-unsaturated/α-hetero) is 1. The van der Waals surface area contributed by atoms with Gasteiger partial charge in [0.05, 0.1) is 13.2 Å². The lowest BCUT2D eigenvalue weighted by Crippen LogP contribution is -2.21. The highest BCUT2D eigenvalue weighted by Gasteiger charge is 2.30. The van der Waals surface area contributed by atoms with Gasteiger partial charge in [-0.15, -0.1) is 0 Å². The number of nitrogens with zero attached hydrogens (tertiary/aromatic N) is 1. The number of para-hydroxylation sites is 1. The normalized spacial score (nSPS) is 16.9. The fourth-order valence-corrected chi connectivity index (χ4v) is 3.34. The molecule has 0 aliphatic heterocycles. The molecule has 1 aliphatic carbocycles. The molecule has 3 rings (SSSR count). The van der Waals surface area contributed by atoms with Gasteiger partial charge >= 0.3 is 0 Å². The van der Waals surface area contributed by atoms with E-state index >= 15 is 0 Å². The molecule has 0 aromatic heterocycles. The molecule has 0 bridgehead atoms. The molecule has 1 unspecified atom stereocenters. The van der Waals surface area contributed by atoms with E-state index in [4.69, 9.17) is 4.74 Å². The Morgan fingerprint density at radius 3 is 2.42 bits per heavy atom. The summed E-state index contributed by atoms with van der Waals surface area (Å²) < 4.78 is 5.42. The fraction of sp³-hybridized carbons (Fsp3) is 0.217. The van der Waals surface area contributed by atoms with Crippen molar-refractivity contribution in [2.45, 2.75) is 19.8 Å². The van der Waals surface area contributed by atoms with Gasteiger partial charge in [-0.3, -0.25) is 4.79 Å². The number of hydrogen-bond acceptors (Lipinski definition) is 3. The van der Waals surface area contributed by atoms with Crippen molar-refractivity contribution in [3.05, 3.63) is 82.9 Å². The van der Waals surface area contributed by atoms with Crippen LogP contribution in [0.5, 0.6) is 5.75 Å². The summed E-state index contributed by atoms with van der Waals surface area (Å²) in [4.78, 5) is 12.7. The zero-order valence-corrected chi connectivity index (χ0v) is 15.0. The van der Waals surface area contributed by atoms with Gasteiger partial charge in [0.1, 0.15) is 11.7 Å². The molecule has 1 atom stereocenters. The molecule has 0 N–H and O–H groups in total. The Morgan fingerprint density at radius 2 is 1.73 bits per heavy atom. The molecule has 0 radical (unpaired) electrons. The van der Waals surface area contributed by atoms with E-state index < -0.39 is 5.92 Å². The third-order valence-electron chi connectivity index (χ3n) is 4.85. The summed E-state index contributed by atoms with van der Waals surface area (Å²) in [6.45, 7) is 1.82. The smallest absolute Gasteiger partial charge is 0.180 e. The van der Waals surface area contributed by atoms with Crippen LogP contribution in [-0.4, -0.2) is 12.9 Å². The van der Waals surface area contributed by atoms with Gasteiger partial charge in [-0.1, -0.05) is 54.6 Å². The Morgan fingerprint density at radius 1 is 1.04 bits per heavy atom. The van der Waals surface area contributed by atoms with Crippen LogP contribution in [0.3, 0.4) is 0 Å². The number of ether oxygens (including phenoxy) is 1. The minimum absolute atomic E-state index is 0.0936. The average molecular weight is 343 g/mol. The van der Waals surface area contributed by atoms with E-state index in [2.05, 4.69) is 6.07 Å². The Labute approximate surface area is 154 Å². The van der Waals surface area contributed by atoms with E-state index in [0.717, 1.165) is 40.9 Å². The number of rotatable bonds is 5. The number of ketones is 1. The largest absolute Gasteiger partial charge is 0.496 e. The SMILES string of the molecule is COc1ccccc1CCC1=C(C)C(=O)C(C#N)C(c2ccccc2)=C1. The first kappa shape index (κ1) is 17.7. The van der Waals surface area contributed by atoms with E-state index in [1.807, 2.05) is 67.6 Å². The summed E-state index contributed by atoms with van der Waals surface area (Å²) >= 11 is 0. The molecular weight excluding hydrogens is 322 g/mol. The predicted octanol–water partition coefficient (Wildman–Crippen LogP) is 4.75. The second kappa shape index (κ2) is 7.84. The molecule has 3 heteroatoms. The summed E-state index contributed by atoms with van der Waals surface area (Å²) in [7, 11) is 1.67. The van der Waals surface area contributed by atoms with Crippen molar-refractivity contribution in [3.63, 3.8) is 0 Å². The third-order valence-corrected chi connectivity index (χ3v) is 4.85. The lowest BCUT2D eigenvalue weighted by atomic mass is 9.79. The van der Waals surface area contributed by atoms with Gasteiger partial charge in [0.15, 0.2) is 5.78 Å². The van der Waals surface area contributed by atoms with E-state index in [0.29, 0.717) is 5.57 Å². The maximum Gasteiger partial charge on any atom is 0.180 e. The second-order valence-electron chi connectivity index (χ2n) is 6.35. The van der Waals surface area contributed by atoms with Gasteiger partial charge in [0.25, 0.3) is 0 Å². The first-order valence-electron chi connectivity index (χ1n) is 8.68. The summed E-state index contributed by atoms with van der Waals surface area (Å²) in [6.07, 6.45) is 3.53. The van der Waals surface area contributed by atoms with Gasteiger partial charge in [0, 0.05) is 0 Å². The predicted molar refractivity (Wildman–Crippen MR) is 103 cm³/mol. The number of aryl methyl sites for hydroxylation is 1. The van der Waals surface area contributed by atoms with Crippen molar-refractivity contribution < 1.29 is 9.53 Å². The average Bonchev–Trinajstić information content (AvgIpc) is 2.69. The number of hydrogen-bond donors (Lipinski definition) is 0. The molecule has 0 saturated carbocycles. The summed E-state index contributed by atoms with van der Waals surface area (Å²) in [5, 5.41) is 9.52. The molecule has 0 spiro atoms. The monoisotopic (exact) mass is 343 g/mol. The van der Waals surface area contributed by atoms with E-state index in [-0.39, 0.29) is 5.78 Å².